The van der Waals surface area contributed by atoms with E-state index in [1.165, 1.54) is 0 Å². The first kappa shape index (κ1) is 14.2. The molecule has 2 aromatic carbocycles. The highest BCUT2D eigenvalue weighted by atomic mass is 24.3. The lowest BCUT2D eigenvalue weighted by Gasteiger charge is -2.18. The molecule has 17 heavy (non-hydrogen) atoms. The molecule has 2 nitrogen and oxygen atoms in total. The molecule has 2 aromatic rings. The van der Waals surface area contributed by atoms with Gasteiger partial charge in [-0.1, -0.05) is 60.7 Å². The van der Waals surface area contributed by atoms with E-state index in [4.69, 9.17) is 0 Å². The topological polar surface area (TPSA) is 40.5 Å². The monoisotopic (exact) mass is 240 g/mol. The van der Waals surface area contributed by atoms with Crippen molar-refractivity contribution in [3.8, 4) is 0 Å². The first-order valence-corrected chi connectivity index (χ1v) is 5.25. The number of aliphatic hydroxyl groups excluding tert-OH is 2. The molecular weight excluding hydrogens is 224 g/mol. The number of aliphatic hydroxyl groups is 2. The lowest BCUT2D eigenvalue weighted by Crippen LogP contribution is -2.09. The second-order valence-electron chi connectivity index (χ2n) is 3.71. The van der Waals surface area contributed by atoms with Crippen molar-refractivity contribution in [3.05, 3.63) is 71.8 Å². The number of benzene rings is 2. The molecule has 86 valence electrons. The predicted octanol–water partition coefficient (Wildman–Crippen LogP) is 1.54. The Morgan fingerprint density at radius 2 is 0.882 bits per heavy atom. The van der Waals surface area contributed by atoms with Crippen molar-refractivity contribution in [2.24, 2.45) is 0 Å². The molecule has 2 rings (SSSR count). The minimum Gasteiger partial charge on any atom is -0.385 e. The summed E-state index contributed by atoms with van der Waals surface area (Å²) in [6.45, 7) is 0. The normalized spacial score (nSPS) is 13.5. The maximum absolute atomic E-state index is 9.99. The van der Waals surface area contributed by atoms with Gasteiger partial charge in [0, 0.05) is 0 Å². The molecule has 2 N–H and O–H groups in total. The predicted molar refractivity (Wildman–Crippen MR) is 71.3 cm³/mol. The zero-order valence-electron chi connectivity index (χ0n) is 8.82. The van der Waals surface area contributed by atoms with Crippen molar-refractivity contribution in [1.29, 1.82) is 0 Å². The van der Waals surface area contributed by atoms with Crippen LogP contribution in [-0.4, -0.2) is 33.3 Å². The second kappa shape index (κ2) is 6.76. The van der Waals surface area contributed by atoms with E-state index in [2.05, 4.69) is 0 Å². The Balaban J connectivity index is 0.00000144. The third kappa shape index (κ3) is 3.54. The Bertz CT molecular complexity index is 387. The van der Waals surface area contributed by atoms with Crippen LogP contribution in [0.5, 0.6) is 0 Å². The Morgan fingerprint density at radius 1 is 0.588 bits per heavy atom. The maximum Gasteiger partial charge on any atom is 0.316 e. The van der Waals surface area contributed by atoms with Crippen LogP contribution < -0.4 is 0 Å². The smallest absolute Gasteiger partial charge is 0.316 e. The minimum atomic E-state index is -0.886. The van der Waals surface area contributed by atoms with Crippen molar-refractivity contribution in [3.63, 3.8) is 0 Å². The lowest BCUT2D eigenvalue weighted by molar-refractivity contribution is 0.0172. The van der Waals surface area contributed by atoms with Gasteiger partial charge in [0.1, 0.15) is 12.2 Å². The van der Waals surface area contributed by atoms with Crippen LogP contribution in [0.25, 0.3) is 0 Å². The Morgan fingerprint density at radius 3 is 1.18 bits per heavy atom. The molecule has 0 amide bonds. The van der Waals surface area contributed by atoms with Crippen LogP contribution >= 0.6 is 0 Å². The van der Waals surface area contributed by atoms with Gasteiger partial charge in [-0.3, -0.25) is 0 Å². The SMILES string of the molecule is OC(c1ccccc1)C(O)c1ccccc1.[MgH2]. The standard InChI is InChI=1S/C14H14O2.Mg.2H/c15-13(11-7-3-1-4-8-11)14(16)12-9-5-2-6-10-12;;;/h1-10,13-16H;;;. The van der Waals surface area contributed by atoms with Crippen LogP contribution in [0.4, 0.5) is 0 Å². The van der Waals surface area contributed by atoms with Crippen molar-refractivity contribution in [2.45, 2.75) is 12.2 Å². The van der Waals surface area contributed by atoms with Gasteiger partial charge in [-0.05, 0) is 11.1 Å². The lowest BCUT2D eigenvalue weighted by atomic mass is 9.99. The van der Waals surface area contributed by atoms with Crippen molar-refractivity contribution >= 4 is 23.1 Å². The molecule has 0 spiro atoms. The molecule has 0 aromatic heterocycles. The molecule has 0 heterocycles. The van der Waals surface area contributed by atoms with Crippen LogP contribution in [-0.2, 0) is 0 Å². The van der Waals surface area contributed by atoms with Gasteiger partial charge >= 0.3 is 23.1 Å². The maximum atomic E-state index is 9.99. The summed E-state index contributed by atoms with van der Waals surface area (Å²) in [4.78, 5) is 0. The van der Waals surface area contributed by atoms with Gasteiger partial charge in [0.2, 0.25) is 0 Å². The zero-order chi connectivity index (χ0) is 11.4. The van der Waals surface area contributed by atoms with E-state index >= 15 is 0 Å². The van der Waals surface area contributed by atoms with E-state index in [1.54, 1.807) is 24.3 Å². The largest absolute Gasteiger partial charge is 0.385 e. The van der Waals surface area contributed by atoms with Gasteiger partial charge in [-0.2, -0.15) is 0 Å². The number of hydrogen-bond donors (Lipinski definition) is 2. The molecule has 0 saturated heterocycles. The first-order valence-electron chi connectivity index (χ1n) is 5.25. The fourth-order valence-electron chi connectivity index (χ4n) is 1.67. The van der Waals surface area contributed by atoms with Crippen LogP contribution in [0, 0.1) is 0 Å². The number of rotatable bonds is 3. The average molecular weight is 241 g/mol. The minimum absolute atomic E-state index is 0. The van der Waals surface area contributed by atoms with E-state index in [9.17, 15) is 10.2 Å². The first-order chi connectivity index (χ1) is 7.79. The summed E-state index contributed by atoms with van der Waals surface area (Å²) in [7, 11) is 0. The van der Waals surface area contributed by atoms with Gasteiger partial charge in [-0.15, -0.1) is 0 Å². The Labute approximate surface area is 117 Å². The van der Waals surface area contributed by atoms with E-state index < -0.39 is 12.2 Å². The summed E-state index contributed by atoms with van der Waals surface area (Å²) in [5.74, 6) is 0. The second-order valence-corrected chi connectivity index (χ2v) is 3.71. The third-order valence-electron chi connectivity index (χ3n) is 2.58. The molecule has 2 unspecified atom stereocenters. The molecule has 2 atom stereocenters. The van der Waals surface area contributed by atoms with E-state index in [-0.39, 0.29) is 23.1 Å². The Hall–Kier alpha value is -0.874. The summed E-state index contributed by atoms with van der Waals surface area (Å²) >= 11 is 0. The molecule has 0 aliphatic heterocycles. The molecule has 0 bridgehead atoms. The van der Waals surface area contributed by atoms with Crippen molar-refractivity contribution in [1.82, 2.24) is 0 Å². The fourth-order valence-corrected chi connectivity index (χ4v) is 1.67. The highest BCUT2D eigenvalue weighted by Gasteiger charge is 2.19. The summed E-state index contributed by atoms with van der Waals surface area (Å²) in [6.07, 6.45) is -1.77. The number of hydrogen-bond acceptors (Lipinski definition) is 2. The summed E-state index contributed by atoms with van der Waals surface area (Å²) < 4.78 is 0. The molecule has 0 saturated carbocycles. The van der Waals surface area contributed by atoms with Crippen LogP contribution in [0.2, 0.25) is 0 Å². The average Bonchev–Trinajstić information content (AvgIpc) is 2.39. The van der Waals surface area contributed by atoms with Crippen LogP contribution in [0.1, 0.15) is 23.3 Å². The van der Waals surface area contributed by atoms with Gasteiger partial charge < -0.3 is 10.2 Å². The van der Waals surface area contributed by atoms with E-state index in [0.717, 1.165) is 11.1 Å². The van der Waals surface area contributed by atoms with Crippen LogP contribution in [0.3, 0.4) is 0 Å². The third-order valence-corrected chi connectivity index (χ3v) is 2.58. The molecule has 0 radical (unpaired) electrons. The van der Waals surface area contributed by atoms with Gasteiger partial charge in [0.05, 0.1) is 0 Å². The van der Waals surface area contributed by atoms with Gasteiger partial charge in [0.25, 0.3) is 0 Å². The van der Waals surface area contributed by atoms with Crippen LogP contribution in [0.15, 0.2) is 60.7 Å². The van der Waals surface area contributed by atoms with Gasteiger partial charge in [0.15, 0.2) is 0 Å². The highest BCUT2D eigenvalue weighted by Crippen LogP contribution is 2.27. The summed E-state index contributed by atoms with van der Waals surface area (Å²) in [5.41, 5.74) is 1.44. The van der Waals surface area contributed by atoms with Crippen molar-refractivity contribution < 1.29 is 10.2 Å². The summed E-state index contributed by atoms with van der Waals surface area (Å²) in [5, 5.41) is 20.0. The molecular formula is C14H16MgO2. The fraction of sp³-hybridized carbons (Fsp3) is 0.143. The molecule has 0 fully saturated rings. The molecule has 0 aliphatic rings. The van der Waals surface area contributed by atoms with Gasteiger partial charge in [-0.25, -0.2) is 0 Å². The van der Waals surface area contributed by atoms with Crippen molar-refractivity contribution in [2.75, 3.05) is 0 Å². The van der Waals surface area contributed by atoms with E-state index in [0.29, 0.717) is 0 Å². The quantitative estimate of drug-likeness (QED) is 0.799. The highest BCUT2D eigenvalue weighted by molar-refractivity contribution is 5.75. The Kier molecular flexibility index (Phi) is 5.64. The molecule has 3 heteroatoms. The molecule has 0 aliphatic carbocycles. The zero-order valence-corrected chi connectivity index (χ0v) is 8.82. The summed E-state index contributed by atoms with van der Waals surface area (Å²) in [6, 6.07) is 18.3. The van der Waals surface area contributed by atoms with E-state index in [1.807, 2.05) is 36.4 Å².